The molecule has 4 aliphatic heterocycles. The molecule has 1 amide bonds. The van der Waals surface area contributed by atoms with Crippen molar-refractivity contribution in [3.05, 3.63) is 60.1 Å². The summed E-state index contributed by atoms with van der Waals surface area (Å²) < 4.78 is 55.1. The summed E-state index contributed by atoms with van der Waals surface area (Å²) in [4.78, 5) is 33.5. The van der Waals surface area contributed by atoms with Crippen LogP contribution in [-0.4, -0.2) is 107 Å². The number of alkyl halides is 1. The van der Waals surface area contributed by atoms with E-state index >= 15 is 4.39 Å². The Hall–Kier alpha value is -5.06. The standard InChI is InChI=1S/C41H44F2N6O5/c1-7-25-9-8-10-26-13-30(53-23-51-6)14-31(33(25)26)35-34(43)36-32(17-44-35)37(47-20-28-11-12-29(21-47)49(28)39(50)54-40(3,4)5)46-38(45-36)52-22-41-15-24(2)18-48(41)19-27(42)16-41/h1,8-10,13-14,17,27-29H,2,11-12,15-16,18-23H2,3-6H3/t27?,28-,29+,41?. The Morgan fingerprint density at radius 2 is 1.91 bits per heavy atom. The molecule has 4 fully saturated rings. The molecule has 4 atom stereocenters. The predicted octanol–water partition coefficient (Wildman–Crippen LogP) is 6.66. The van der Waals surface area contributed by atoms with Crippen LogP contribution in [0.25, 0.3) is 32.9 Å². The maximum atomic E-state index is 17.3. The molecule has 0 radical (unpaired) electrons. The van der Waals surface area contributed by atoms with Crippen LogP contribution < -0.4 is 14.4 Å². The SMILES string of the molecule is C#Cc1cccc2cc(OCOC)cc(-c3ncc4c(N5C[C@H]6CC[C@@H](C5)N6C(=O)OC(C)(C)C)nc(OCC56CC(=C)CN5CC(F)C6)nc4c3F)c12. The first-order valence-corrected chi connectivity index (χ1v) is 18.3. The fraction of sp³-hybridized carbons (Fsp3) is 0.463. The first-order valence-electron chi connectivity index (χ1n) is 18.3. The van der Waals surface area contributed by atoms with Crippen molar-refractivity contribution in [1.82, 2.24) is 24.8 Å². The molecular weight excluding hydrogens is 694 g/mol. The van der Waals surface area contributed by atoms with Crippen LogP contribution in [0.1, 0.15) is 52.0 Å². The monoisotopic (exact) mass is 738 g/mol. The van der Waals surface area contributed by atoms with E-state index in [1.54, 1.807) is 18.3 Å². The third-order valence-electron chi connectivity index (χ3n) is 10.9. The number of benzene rings is 2. The second-order valence-electron chi connectivity index (χ2n) is 15.9. The summed E-state index contributed by atoms with van der Waals surface area (Å²) in [6, 6.07) is 8.72. The molecule has 4 saturated heterocycles. The number of terminal acetylenes is 1. The van der Waals surface area contributed by atoms with Crippen molar-refractivity contribution in [3.63, 3.8) is 0 Å². The maximum absolute atomic E-state index is 17.3. The molecule has 0 spiro atoms. The molecule has 0 aliphatic carbocycles. The highest BCUT2D eigenvalue weighted by Crippen LogP contribution is 2.43. The van der Waals surface area contributed by atoms with E-state index in [0.717, 1.165) is 23.8 Å². The number of hydrogen-bond donors (Lipinski definition) is 0. The van der Waals surface area contributed by atoms with Crippen LogP contribution in [0.2, 0.25) is 0 Å². The molecule has 2 aromatic heterocycles. The van der Waals surface area contributed by atoms with Gasteiger partial charge < -0.3 is 23.8 Å². The summed E-state index contributed by atoms with van der Waals surface area (Å²) in [5.41, 5.74) is 0.833. The zero-order valence-electron chi connectivity index (χ0n) is 31.0. The summed E-state index contributed by atoms with van der Waals surface area (Å²) >= 11 is 0. The fourth-order valence-corrected chi connectivity index (χ4v) is 8.77. The van der Waals surface area contributed by atoms with E-state index in [-0.39, 0.29) is 48.8 Å². The lowest BCUT2D eigenvalue weighted by molar-refractivity contribution is 0.0122. The molecule has 2 aromatic carbocycles. The third-order valence-corrected chi connectivity index (χ3v) is 10.9. The molecule has 2 bridgehead atoms. The Labute approximate surface area is 313 Å². The van der Waals surface area contributed by atoms with Gasteiger partial charge in [0, 0.05) is 62.4 Å². The van der Waals surface area contributed by atoms with Gasteiger partial charge in [-0.2, -0.15) is 9.97 Å². The quantitative estimate of drug-likeness (QED) is 0.111. The molecule has 2 unspecified atom stereocenters. The summed E-state index contributed by atoms with van der Waals surface area (Å²) in [6.45, 7) is 11.6. The van der Waals surface area contributed by atoms with Gasteiger partial charge in [0.1, 0.15) is 41.2 Å². The number of fused-ring (bicyclic) bond motifs is 5. The highest BCUT2D eigenvalue weighted by atomic mass is 19.1. The number of carbonyl (C=O) groups is 1. The van der Waals surface area contributed by atoms with E-state index in [1.165, 1.54) is 7.11 Å². The van der Waals surface area contributed by atoms with Crippen molar-refractivity contribution in [2.45, 2.75) is 75.8 Å². The van der Waals surface area contributed by atoms with Gasteiger partial charge in [-0.15, -0.1) is 6.42 Å². The van der Waals surface area contributed by atoms with Crippen molar-refractivity contribution < 1.29 is 32.5 Å². The molecule has 4 aliphatic rings. The van der Waals surface area contributed by atoms with Crippen LogP contribution in [0.15, 0.2) is 48.7 Å². The van der Waals surface area contributed by atoms with Gasteiger partial charge in [-0.1, -0.05) is 30.2 Å². The predicted molar refractivity (Wildman–Crippen MR) is 201 cm³/mol. The molecular formula is C41H44F2N6O5. The molecule has 0 saturated carbocycles. The van der Waals surface area contributed by atoms with Gasteiger partial charge in [0.2, 0.25) is 0 Å². The van der Waals surface area contributed by atoms with Gasteiger partial charge in [-0.05, 0) is 63.6 Å². The van der Waals surface area contributed by atoms with Gasteiger partial charge in [-0.25, -0.2) is 13.6 Å². The van der Waals surface area contributed by atoms with Crippen molar-refractivity contribution in [1.29, 1.82) is 0 Å². The molecule has 282 valence electrons. The Morgan fingerprint density at radius 3 is 2.63 bits per heavy atom. The number of piperazine rings is 1. The number of pyridine rings is 1. The molecule has 4 aromatic rings. The smallest absolute Gasteiger partial charge is 0.410 e. The number of rotatable bonds is 8. The summed E-state index contributed by atoms with van der Waals surface area (Å²) in [6.07, 6.45) is 8.67. The lowest BCUT2D eigenvalue weighted by Gasteiger charge is -2.42. The molecule has 54 heavy (non-hydrogen) atoms. The van der Waals surface area contributed by atoms with Crippen molar-refractivity contribution in [2.24, 2.45) is 0 Å². The van der Waals surface area contributed by atoms with Crippen LogP contribution in [0.3, 0.4) is 0 Å². The van der Waals surface area contributed by atoms with Crippen LogP contribution in [0, 0.1) is 18.2 Å². The number of methoxy groups -OCH3 is 1. The first kappa shape index (κ1) is 35.9. The number of aromatic nitrogens is 3. The summed E-state index contributed by atoms with van der Waals surface area (Å²) in [5.74, 6) is 2.93. The lowest BCUT2D eigenvalue weighted by atomic mass is 9.93. The minimum Gasteiger partial charge on any atom is -0.468 e. The topological polar surface area (TPSA) is 102 Å². The minimum absolute atomic E-state index is 0.0106. The average Bonchev–Trinajstić information content (AvgIpc) is 3.70. The average molecular weight is 739 g/mol. The third kappa shape index (κ3) is 6.45. The minimum atomic E-state index is -0.982. The van der Waals surface area contributed by atoms with Crippen LogP contribution in [-0.2, 0) is 9.47 Å². The number of amides is 1. The van der Waals surface area contributed by atoms with Gasteiger partial charge in [0.05, 0.1) is 23.0 Å². The highest BCUT2D eigenvalue weighted by molar-refractivity contribution is 6.03. The molecule has 11 nitrogen and oxygen atoms in total. The van der Waals surface area contributed by atoms with Crippen LogP contribution in [0.5, 0.6) is 11.8 Å². The van der Waals surface area contributed by atoms with Gasteiger partial charge >= 0.3 is 12.1 Å². The van der Waals surface area contributed by atoms with E-state index in [2.05, 4.69) is 27.3 Å². The Morgan fingerprint density at radius 1 is 1.13 bits per heavy atom. The molecule has 6 heterocycles. The maximum Gasteiger partial charge on any atom is 0.410 e. The molecule has 8 rings (SSSR count). The Kier molecular flexibility index (Phi) is 9.09. The van der Waals surface area contributed by atoms with Crippen molar-refractivity contribution >= 4 is 33.6 Å². The normalized spacial score (nSPS) is 23.9. The highest BCUT2D eigenvalue weighted by Gasteiger charge is 2.51. The van der Waals surface area contributed by atoms with Gasteiger partial charge in [0.15, 0.2) is 12.6 Å². The van der Waals surface area contributed by atoms with E-state index in [0.29, 0.717) is 72.5 Å². The Bertz CT molecular complexity index is 2190. The van der Waals surface area contributed by atoms with Gasteiger partial charge in [0.25, 0.3) is 0 Å². The van der Waals surface area contributed by atoms with E-state index in [1.807, 2.05) is 43.9 Å². The van der Waals surface area contributed by atoms with Gasteiger partial charge in [-0.3, -0.25) is 14.8 Å². The largest absolute Gasteiger partial charge is 0.468 e. The van der Waals surface area contributed by atoms with Crippen LogP contribution in [0.4, 0.5) is 19.4 Å². The van der Waals surface area contributed by atoms with Crippen LogP contribution >= 0.6 is 0 Å². The second kappa shape index (κ2) is 13.7. The number of hydrogen-bond acceptors (Lipinski definition) is 10. The zero-order chi connectivity index (χ0) is 37.9. The Balaban J connectivity index is 1.23. The number of ether oxygens (including phenoxy) is 4. The number of carbonyl (C=O) groups excluding carboxylic acids is 1. The summed E-state index contributed by atoms with van der Waals surface area (Å²) in [7, 11) is 1.52. The fourth-order valence-electron chi connectivity index (χ4n) is 8.77. The summed E-state index contributed by atoms with van der Waals surface area (Å²) in [5, 5.41) is 1.77. The molecule has 13 heteroatoms. The lowest BCUT2D eigenvalue weighted by Crippen LogP contribution is -2.57. The van der Waals surface area contributed by atoms with E-state index in [9.17, 15) is 9.18 Å². The molecule has 0 N–H and O–H groups in total. The van der Waals surface area contributed by atoms with Crippen molar-refractivity contribution in [2.75, 3.05) is 51.6 Å². The number of anilines is 1. The zero-order valence-corrected chi connectivity index (χ0v) is 31.0. The van der Waals surface area contributed by atoms with E-state index < -0.39 is 23.1 Å². The number of halogens is 2. The van der Waals surface area contributed by atoms with Crippen molar-refractivity contribution in [3.8, 4) is 35.4 Å². The first-order chi connectivity index (χ1) is 25.9. The second-order valence-corrected chi connectivity index (χ2v) is 15.9. The number of nitrogens with zero attached hydrogens (tertiary/aromatic N) is 6. The van der Waals surface area contributed by atoms with E-state index in [4.69, 9.17) is 35.3 Å².